The van der Waals surface area contributed by atoms with E-state index in [4.69, 9.17) is 0 Å². The maximum absolute atomic E-state index is 12.4. The van der Waals surface area contributed by atoms with Crippen LogP contribution in [0.2, 0.25) is 0 Å². The third-order valence-electron chi connectivity index (χ3n) is 1.67. The van der Waals surface area contributed by atoms with Crippen LogP contribution in [0.5, 0.6) is 0 Å². The summed E-state index contributed by atoms with van der Waals surface area (Å²) in [6.07, 6.45) is -3.72. The van der Waals surface area contributed by atoms with Crippen LogP contribution in [0.1, 0.15) is 5.56 Å². The lowest BCUT2D eigenvalue weighted by Gasteiger charge is -2.11. The lowest BCUT2D eigenvalue weighted by Crippen LogP contribution is -2.09. The van der Waals surface area contributed by atoms with Crippen molar-refractivity contribution < 1.29 is 21.6 Å². The first-order valence-corrected chi connectivity index (χ1v) is 6.38. The summed E-state index contributed by atoms with van der Waals surface area (Å²) in [6, 6.07) is 3.00. The number of alkyl halides is 3. The summed E-state index contributed by atoms with van der Waals surface area (Å²) >= 11 is 2.65. The van der Waals surface area contributed by atoms with Gasteiger partial charge in [0.05, 0.1) is 10.5 Å². The Balaban J connectivity index is 3.51. The van der Waals surface area contributed by atoms with E-state index in [1.54, 1.807) is 0 Å². The highest BCUT2D eigenvalue weighted by Gasteiger charge is 2.34. The van der Waals surface area contributed by atoms with Crippen molar-refractivity contribution in [2.24, 2.45) is 0 Å². The molecule has 0 spiro atoms. The molecule has 0 amide bonds. The molecule has 0 saturated carbocycles. The Morgan fingerprint density at radius 2 is 1.80 bits per heavy atom. The summed E-state index contributed by atoms with van der Waals surface area (Å²) in [5.41, 5.74) is -0.995. The van der Waals surface area contributed by atoms with Crippen LogP contribution in [-0.4, -0.2) is 14.7 Å². The predicted molar refractivity (Wildman–Crippen MR) is 52.3 cm³/mol. The van der Waals surface area contributed by atoms with Gasteiger partial charge in [0.2, 0.25) is 0 Å². The molecule has 0 aliphatic rings. The molecular weight excluding hydrogens is 297 g/mol. The van der Waals surface area contributed by atoms with Crippen LogP contribution >= 0.6 is 15.9 Å². The molecule has 0 aromatic heterocycles. The smallest absolute Gasteiger partial charge is 0.224 e. The molecule has 0 radical (unpaired) electrons. The molecule has 0 unspecified atom stereocenters. The van der Waals surface area contributed by atoms with Gasteiger partial charge in [-0.05, 0) is 28.1 Å². The minimum absolute atomic E-state index is 0.364. The first kappa shape index (κ1) is 12.5. The van der Waals surface area contributed by atoms with Crippen molar-refractivity contribution in [3.05, 3.63) is 28.2 Å². The summed E-state index contributed by atoms with van der Waals surface area (Å²) < 4.78 is 59.0. The van der Waals surface area contributed by atoms with Gasteiger partial charge in [0, 0.05) is 10.7 Å². The zero-order valence-electron chi connectivity index (χ0n) is 7.47. The summed E-state index contributed by atoms with van der Waals surface area (Å²) in [6.45, 7) is 0. The molecule has 0 saturated heterocycles. The molecule has 7 heteroatoms. The van der Waals surface area contributed by atoms with Crippen LogP contribution in [-0.2, 0) is 16.0 Å². The largest absolute Gasteiger partial charge is 0.417 e. The molecule has 15 heavy (non-hydrogen) atoms. The molecular formula is C8H6BrF3O2S. The average Bonchev–Trinajstić information content (AvgIpc) is 1.99. The Morgan fingerprint density at radius 3 is 2.20 bits per heavy atom. The van der Waals surface area contributed by atoms with E-state index in [2.05, 4.69) is 15.9 Å². The van der Waals surface area contributed by atoms with Gasteiger partial charge in [-0.15, -0.1) is 0 Å². The van der Waals surface area contributed by atoms with Crippen molar-refractivity contribution in [2.45, 2.75) is 11.1 Å². The van der Waals surface area contributed by atoms with E-state index in [1.807, 2.05) is 0 Å². The van der Waals surface area contributed by atoms with Gasteiger partial charge in [-0.25, -0.2) is 8.42 Å². The molecule has 0 aliphatic heterocycles. The maximum atomic E-state index is 12.4. The van der Waals surface area contributed by atoms with Crippen molar-refractivity contribution in [1.29, 1.82) is 0 Å². The van der Waals surface area contributed by atoms with E-state index in [-0.39, 0.29) is 4.90 Å². The van der Waals surface area contributed by atoms with Crippen LogP contribution in [0.25, 0.3) is 0 Å². The molecule has 1 rings (SSSR count). The van der Waals surface area contributed by atoms with E-state index in [0.29, 0.717) is 0 Å². The second kappa shape index (κ2) is 3.79. The van der Waals surface area contributed by atoms with Crippen LogP contribution in [0.3, 0.4) is 0 Å². The van der Waals surface area contributed by atoms with Gasteiger partial charge >= 0.3 is 6.18 Å². The molecule has 0 atom stereocenters. The second-order valence-electron chi connectivity index (χ2n) is 2.89. The van der Waals surface area contributed by atoms with Crippen molar-refractivity contribution in [2.75, 3.05) is 6.26 Å². The first-order valence-electron chi connectivity index (χ1n) is 3.70. The number of sulfone groups is 1. The number of halogens is 4. The highest BCUT2D eigenvalue weighted by molar-refractivity contribution is 9.10. The van der Waals surface area contributed by atoms with Crippen LogP contribution < -0.4 is 0 Å². The highest BCUT2D eigenvalue weighted by atomic mass is 79.9. The molecule has 0 heterocycles. The summed E-state index contributed by atoms with van der Waals surface area (Å²) in [5.74, 6) is 0. The van der Waals surface area contributed by atoms with Crippen molar-refractivity contribution >= 4 is 25.8 Å². The molecule has 0 N–H and O–H groups in total. The van der Waals surface area contributed by atoms with E-state index in [0.717, 1.165) is 24.5 Å². The Bertz CT molecular complexity index is 479. The lowest BCUT2D eigenvalue weighted by atomic mass is 10.2. The molecule has 0 bridgehead atoms. The van der Waals surface area contributed by atoms with Gasteiger partial charge in [0.15, 0.2) is 9.84 Å². The summed E-state index contributed by atoms with van der Waals surface area (Å²) in [4.78, 5) is -0.364. The van der Waals surface area contributed by atoms with Crippen molar-refractivity contribution in [1.82, 2.24) is 0 Å². The lowest BCUT2D eigenvalue weighted by molar-refractivity contribution is -0.138. The fraction of sp³-hybridized carbons (Fsp3) is 0.250. The quantitative estimate of drug-likeness (QED) is 0.799. The minimum Gasteiger partial charge on any atom is -0.224 e. The normalized spacial score (nSPS) is 12.9. The zero-order chi connectivity index (χ0) is 11.9. The average molecular weight is 303 g/mol. The third kappa shape index (κ3) is 2.72. The number of hydrogen-bond donors (Lipinski definition) is 0. The van der Waals surface area contributed by atoms with Gasteiger partial charge < -0.3 is 0 Å². The standard InChI is InChI=1S/C8H6BrF3O2S/c1-15(13,14)6-4-2-3-5(7(6)9)8(10,11)12/h2-4H,1H3. The van der Waals surface area contributed by atoms with Gasteiger partial charge in [-0.3, -0.25) is 0 Å². The third-order valence-corrected chi connectivity index (χ3v) is 3.92. The van der Waals surface area contributed by atoms with Gasteiger partial charge in [0.25, 0.3) is 0 Å². The van der Waals surface area contributed by atoms with E-state index in [1.165, 1.54) is 0 Å². The Morgan fingerprint density at radius 1 is 1.27 bits per heavy atom. The molecule has 2 nitrogen and oxygen atoms in total. The van der Waals surface area contributed by atoms with Crippen LogP contribution in [0, 0.1) is 0 Å². The zero-order valence-corrected chi connectivity index (χ0v) is 9.87. The fourth-order valence-corrected chi connectivity index (χ4v) is 3.15. The van der Waals surface area contributed by atoms with Crippen molar-refractivity contribution in [3.63, 3.8) is 0 Å². The first-order chi connectivity index (χ1) is 6.64. The van der Waals surface area contributed by atoms with Crippen LogP contribution in [0.15, 0.2) is 27.6 Å². The van der Waals surface area contributed by atoms with Crippen molar-refractivity contribution in [3.8, 4) is 0 Å². The Kier molecular flexibility index (Phi) is 3.16. The summed E-state index contributed by atoms with van der Waals surface area (Å²) in [5, 5.41) is 0. The van der Waals surface area contributed by atoms with Gasteiger partial charge in [-0.2, -0.15) is 13.2 Å². The predicted octanol–water partition coefficient (Wildman–Crippen LogP) is 2.87. The Hall–Kier alpha value is -0.560. The molecule has 0 aliphatic carbocycles. The second-order valence-corrected chi connectivity index (χ2v) is 5.66. The topological polar surface area (TPSA) is 34.1 Å². The van der Waals surface area contributed by atoms with E-state index >= 15 is 0 Å². The number of hydrogen-bond acceptors (Lipinski definition) is 2. The van der Waals surface area contributed by atoms with Gasteiger partial charge in [-0.1, -0.05) is 6.07 Å². The number of benzene rings is 1. The van der Waals surface area contributed by atoms with E-state index in [9.17, 15) is 21.6 Å². The molecule has 1 aromatic rings. The monoisotopic (exact) mass is 302 g/mol. The maximum Gasteiger partial charge on any atom is 0.417 e. The highest BCUT2D eigenvalue weighted by Crippen LogP contribution is 2.37. The SMILES string of the molecule is CS(=O)(=O)c1cccc(C(F)(F)F)c1Br. The Labute approximate surface area is 93.2 Å². The van der Waals surface area contributed by atoms with Crippen LogP contribution in [0.4, 0.5) is 13.2 Å². The van der Waals surface area contributed by atoms with Gasteiger partial charge in [0.1, 0.15) is 0 Å². The minimum atomic E-state index is -4.57. The molecule has 84 valence electrons. The molecule has 0 fully saturated rings. The molecule has 1 aromatic carbocycles. The van der Waals surface area contributed by atoms with E-state index < -0.39 is 26.0 Å². The summed E-state index contributed by atoms with van der Waals surface area (Å²) in [7, 11) is -3.66. The number of rotatable bonds is 1. The fourth-order valence-electron chi connectivity index (χ4n) is 1.02.